The lowest BCUT2D eigenvalue weighted by atomic mass is 10.0. The van der Waals surface area contributed by atoms with E-state index in [-0.39, 0.29) is 17.9 Å². The van der Waals surface area contributed by atoms with Gasteiger partial charge in [-0.2, -0.15) is 5.10 Å². The standard InChI is InChI=1S/C22H21BrN4O2/c23-17-6-10-19(11-7-17)27-14-16(13-24-27)21(28)26-20(22(29)25-18-8-9-18)12-15-4-2-1-3-5-15/h1-7,10-11,13-14,18,20H,8-9,12H2,(H,25,29)(H,26,28). The molecular weight excluding hydrogens is 432 g/mol. The molecule has 1 unspecified atom stereocenters. The van der Waals surface area contributed by atoms with Crippen molar-refractivity contribution in [3.63, 3.8) is 0 Å². The van der Waals surface area contributed by atoms with E-state index in [0.29, 0.717) is 12.0 Å². The van der Waals surface area contributed by atoms with Crippen LogP contribution >= 0.6 is 15.9 Å². The van der Waals surface area contributed by atoms with E-state index >= 15 is 0 Å². The normalized spacial score (nSPS) is 14.2. The minimum Gasteiger partial charge on any atom is -0.352 e. The van der Waals surface area contributed by atoms with Gasteiger partial charge in [-0.3, -0.25) is 9.59 Å². The number of rotatable bonds is 7. The highest BCUT2D eigenvalue weighted by molar-refractivity contribution is 9.10. The van der Waals surface area contributed by atoms with E-state index in [1.54, 1.807) is 10.9 Å². The van der Waals surface area contributed by atoms with Crippen LogP contribution in [0.5, 0.6) is 0 Å². The maximum absolute atomic E-state index is 12.8. The molecule has 0 saturated heterocycles. The van der Waals surface area contributed by atoms with E-state index in [2.05, 4.69) is 31.7 Å². The lowest BCUT2D eigenvalue weighted by Crippen LogP contribution is -2.48. The number of hydrogen-bond donors (Lipinski definition) is 2. The molecule has 0 radical (unpaired) electrons. The second-order valence-corrected chi connectivity index (χ2v) is 8.06. The van der Waals surface area contributed by atoms with E-state index in [1.165, 1.54) is 6.20 Å². The maximum atomic E-state index is 12.8. The molecule has 0 bridgehead atoms. The Morgan fingerprint density at radius 1 is 1.10 bits per heavy atom. The van der Waals surface area contributed by atoms with Crippen LogP contribution in [0.25, 0.3) is 5.69 Å². The predicted octanol–water partition coefficient (Wildman–Crippen LogP) is 3.25. The van der Waals surface area contributed by atoms with Gasteiger partial charge in [-0.15, -0.1) is 0 Å². The molecule has 1 atom stereocenters. The van der Waals surface area contributed by atoms with Crippen molar-refractivity contribution < 1.29 is 9.59 Å². The fourth-order valence-corrected chi connectivity index (χ4v) is 3.27. The molecule has 148 valence electrons. The summed E-state index contributed by atoms with van der Waals surface area (Å²) in [6, 6.07) is 16.9. The Kier molecular flexibility index (Phi) is 5.76. The first kappa shape index (κ1) is 19.4. The zero-order valence-corrected chi connectivity index (χ0v) is 17.3. The largest absolute Gasteiger partial charge is 0.352 e. The molecule has 6 nitrogen and oxygen atoms in total. The molecule has 1 aliphatic rings. The summed E-state index contributed by atoms with van der Waals surface area (Å²) >= 11 is 3.40. The van der Waals surface area contributed by atoms with E-state index in [0.717, 1.165) is 28.6 Å². The highest BCUT2D eigenvalue weighted by Gasteiger charge is 2.29. The zero-order chi connectivity index (χ0) is 20.2. The number of hydrogen-bond acceptors (Lipinski definition) is 3. The minimum atomic E-state index is -0.637. The molecule has 2 aromatic carbocycles. The quantitative estimate of drug-likeness (QED) is 0.577. The molecule has 0 aliphatic heterocycles. The average Bonchev–Trinajstić information content (AvgIpc) is 3.40. The second kappa shape index (κ2) is 8.61. The lowest BCUT2D eigenvalue weighted by molar-refractivity contribution is -0.123. The van der Waals surface area contributed by atoms with Crippen molar-refractivity contribution >= 4 is 27.7 Å². The van der Waals surface area contributed by atoms with Gasteiger partial charge in [-0.05, 0) is 42.7 Å². The predicted molar refractivity (Wildman–Crippen MR) is 114 cm³/mol. The molecule has 1 fully saturated rings. The number of carbonyl (C=O) groups is 2. The van der Waals surface area contributed by atoms with Gasteiger partial charge in [-0.25, -0.2) is 4.68 Å². The van der Waals surface area contributed by atoms with Crippen molar-refractivity contribution in [1.29, 1.82) is 0 Å². The van der Waals surface area contributed by atoms with Gasteiger partial charge in [0.05, 0.1) is 17.4 Å². The molecule has 1 heterocycles. The van der Waals surface area contributed by atoms with Crippen LogP contribution in [-0.2, 0) is 11.2 Å². The number of nitrogens with zero attached hydrogens (tertiary/aromatic N) is 2. The fraction of sp³-hybridized carbons (Fsp3) is 0.227. The Hall–Kier alpha value is -2.93. The Labute approximate surface area is 177 Å². The van der Waals surface area contributed by atoms with Crippen molar-refractivity contribution in [2.24, 2.45) is 0 Å². The smallest absolute Gasteiger partial charge is 0.255 e. The van der Waals surface area contributed by atoms with E-state index < -0.39 is 6.04 Å². The maximum Gasteiger partial charge on any atom is 0.255 e. The molecule has 7 heteroatoms. The first-order chi connectivity index (χ1) is 14.1. The number of carbonyl (C=O) groups excluding carboxylic acids is 2. The SMILES string of the molecule is O=C(NC(Cc1ccccc1)C(=O)NC1CC1)c1cnn(-c2ccc(Br)cc2)c1. The third-order valence-electron chi connectivity index (χ3n) is 4.76. The summed E-state index contributed by atoms with van der Waals surface area (Å²) in [6.07, 6.45) is 5.61. The third kappa shape index (κ3) is 5.12. The highest BCUT2D eigenvalue weighted by Crippen LogP contribution is 2.19. The van der Waals surface area contributed by atoms with Crippen LogP contribution in [0.15, 0.2) is 71.5 Å². The third-order valence-corrected chi connectivity index (χ3v) is 5.29. The van der Waals surface area contributed by atoms with Gasteiger partial charge < -0.3 is 10.6 Å². The molecular formula is C22H21BrN4O2. The monoisotopic (exact) mass is 452 g/mol. The van der Waals surface area contributed by atoms with E-state index in [4.69, 9.17) is 0 Å². The average molecular weight is 453 g/mol. The Bertz CT molecular complexity index is 997. The summed E-state index contributed by atoms with van der Waals surface area (Å²) in [5, 5.41) is 10.1. The van der Waals surface area contributed by atoms with E-state index in [1.807, 2.05) is 54.6 Å². The highest BCUT2D eigenvalue weighted by atomic mass is 79.9. The van der Waals surface area contributed by atoms with Crippen molar-refractivity contribution in [2.75, 3.05) is 0 Å². The van der Waals surface area contributed by atoms with Crippen LogP contribution in [0.4, 0.5) is 0 Å². The summed E-state index contributed by atoms with van der Waals surface area (Å²) in [4.78, 5) is 25.5. The Morgan fingerprint density at radius 3 is 2.52 bits per heavy atom. The lowest BCUT2D eigenvalue weighted by Gasteiger charge is -2.18. The number of aromatic nitrogens is 2. The van der Waals surface area contributed by atoms with E-state index in [9.17, 15) is 9.59 Å². The molecule has 4 rings (SSSR count). The van der Waals surface area contributed by atoms with Gasteiger partial charge in [0, 0.05) is 23.1 Å². The molecule has 1 aliphatic carbocycles. The van der Waals surface area contributed by atoms with Gasteiger partial charge in [-0.1, -0.05) is 46.3 Å². The van der Waals surface area contributed by atoms with Crippen LogP contribution in [0.2, 0.25) is 0 Å². The van der Waals surface area contributed by atoms with Crippen molar-refractivity contribution in [3.8, 4) is 5.69 Å². The summed E-state index contributed by atoms with van der Waals surface area (Å²) in [6.45, 7) is 0. The molecule has 29 heavy (non-hydrogen) atoms. The van der Waals surface area contributed by atoms with Gasteiger partial charge in [0.2, 0.25) is 5.91 Å². The zero-order valence-electron chi connectivity index (χ0n) is 15.7. The number of amides is 2. The van der Waals surface area contributed by atoms with Crippen LogP contribution in [-0.4, -0.2) is 33.7 Å². The summed E-state index contributed by atoms with van der Waals surface area (Å²) in [7, 11) is 0. The fourth-order valence-electron chi connectivity index (χ4n) is 3.01. The van der Waals surface area contributed by atoms with Gasteiger partial charge >= 0.3 is 0 Å². The van der Waals surface area contributed by atoms with Crippen molar-refractivity contribution in [2.45, 2.75) is 31.3 Å². The number of benzene rings is 2. The molecule has 3 aromatic rings. The molecule has 1 saturated carbocycles. The van der Waals surface area contributed by atoms with Crippen molar-refractivity contribution in [1.82, 2.24) is 20.4 Å². The first-order valence-corrected chi connectivity index (χ1v) is 10.3. The number of nitrogens with one attached hydrogen (secondary N) is 2. The molecule has 2 N–H and O–H groups in total. The Morgan fingerprint density at radius 2 is 1.83 bits per heavy atom. The molecule has 2 amide bonds. The van der Waals surface area contributed by atoms with Gasteiger partial charge in [0.15, 0.2) is 0 Å². The Balaban J connectivity index is 1.48. The second-order valence-electron chi connectivity index (χ2n) is 7.15. The van der Waals surface area contributed by atoms with Gasteiger partial charge in [0.25, 0.3) is 5.91 Å². The molecule has 1 aromatic heterocycles. The van der Waals surface area contributed by atoms with Crippen LogP contribution < -0.4 is 10.6 Å². The van der Waals surface area contributed by atoms with Gasteiger partial charge in [0.1, 0.15) is 6.04 Å². The first-order valence-electron chi connectivity index (χ1n) is 9.54. The topological polar surface area (TPSA) is 76.0 Å². The number of halogens is 1. The summed E-state index contributed by atoms with van der Waals surface area (Å²) < 4.78 is 2.61. The molecule has 0 spiro atoms. The van der Waals surface area contributed by atoms with Crippen molar-refractivity contribution in [3.05, 3.63) is 82.6 Å². The van der Waals surface area contributed by atoms with Crippen LogP contribution in [0, 0.1) is 0 Å². The summed E-state index contributed by atoms with van der Waals surface area (Å²) in [5.74, 6) is -0.467. The van der Waals surface area contributed by atoms with Crippen LogP contribution in [0.1, 0.15) is 28.8 Å². The van der Waals surface area contributed by atoms with Crippen LogP contribution in [0.3, 0.4) is 0 Å². The minimum absolute atomic E-state index is 0.148. The summed E-state index contributed by atoms with van der Waals surface area (Å²) in [5.41, 5.74) is 2.25.